The highest BCUT2D eigenvalue weighted by atomic mass is 19.2. The smallest absolute Gasteiger partial charge is 0.197 e. The molecule has 2 atom stereocenters. The molecule has 2 bridgehead atoms. The number of rotatable bonds is 1. The molecule has 0 saturated carbocycles. The van der Waals surface area contributed by atoms with E-state index in [1.165, 1.54) is 12.2 Å². The van der Waals surface area contributed by atoms with Crippen LogP contribution in [0.4, 0.5) is 17.6 Å². The quantitative estimate of drug-likeness (QED) is 0.340. The molecular formula is C13H8F4O2. The summed E-state index contributed by atoms with van der Waals surface area (Å²) in [7, 11) is 1.14. The first kappa shape index (κ1) is 12.3. The van der Waals surface area contributed by atoms with Crippen LogP contribution in [0.25, 0.3) is 0 Å². The van der Waals surface area contributed by atoms with Gasteiger partial charge < -0.3 is 4.74 Å². The zero-order valence-corrected chi connectivity index (χ0v) is 9.77. The SMILES string of the molecule is COC12C=CC(CC1=O)c1c(F)c(F)c(F)c(F)c12. The lowest BCUT2D eigenvalue weighted by Gasteiger charge is -2.41. The predicted molar refractivity (Wildman–Crippen MR) is 56.5 cm³/mol. The van der Waals surface area contributed by atoms with Gasteiger partial charge in [-0.15, -0.1) is 0 Å². The molecule has 2 nitrogen and oxygen atoms in total. The van der Waals surface area contributed by atoms with Gasteiger partial charge in [-0.25, -0.2) is 17.6 Å². The Morgan fingerprint density at radius 3 is 2.37 bits per heavy atom. The Balaban J connectivity index is 2.45. The lowest BCUT2D eigenvalue weighted by Crippen LogP contribution is -2.46. The Morgan fingerprint density at radius 2 is 1.79 bits per heavy atom. The van der Waals surface area contributed by atoms with Gasteiger partial charge in [0.2, 0.25) is 0 Å². The maximum absolute atomic E-state index is 13.9. The van der Waals surface area contributed by atoms with Gasteiger partial charge >= 0.3 is 0 Å². The summed E-state index contributed by atoms with van der Waals surface area (Å²) in [5.41, 5.74) is -2.74. The van der Waals surface area contributed by atoms with Crippen LogP contribution in [0, 0.1) is 23.3 Å². The Morgan fingerprint density at radius 1 is 1.16 bits per heavy atom. The van der Waals surface area contributed by atoms with E-state index >= 15 is 0 Å². The minimum atomic E-state index is -1.93. The number of hydrogen-bond donors (Lipinski definition) is 0. The lowest BCUT2D eigenvalue weighted by atomic mass is 9.67. The molecule has 0 fully saturated rings. The van der Waals surface area contributed by atoms with Crippen molar-refractivity contribution < 1.29 is 27.1 Å². The fraction of sp³-hybridized carbons (Fsp3) is 0.308. The molecule has 1 aromatic carbocycles. The molecular weight excluding hydrogens is 264 g/mol. The van der Waals surface area contributed by atoms with Crippen LogP contribution < -0.4 is 0 Å². The number of allylic oxidation sites excluding steroid dienone is 1. The van der Waals surface area contributed by atoms with Crippen molar-refractivity contribution in [2.24, 2.45) is 0 Å². The molecule has 0 N–H and O–H groups in total. The number of carbonyl (C=O) groups excluding carboxylic acids is 1. The number of benzene rings is 1. The highest BCUT2D eigenvalue weighted by molar-refractivity contribution is 5.95. The molecule has 2 unspecified atom stereocenters. The molecule has 100 valence electrons. The van der Waals surface area contributed by atoms with Crippen LogP contribution in [-0.2, 0) is 15.1 Å². The molecule has 0 aliphatic heterocycles. The molecule has 4 rings (SSSR count). The number of methoxy groups -OCH3 is 1. The van der Waals surface area contributed by atoms with Crippen LogP contribution in [0.3, 0.4) is 0 Å². The summed E-state index contributed by atoms with van der Waals surface area (Å²) in [5.74, 6) is -8.11. The van der Waals surface area contributed by atoms with E-state index in [-0.39, 0.29) is 12.0 Å². The second-order valence-corrected chi connectivity index (χ2v) is 4.58. The van der Waals surface area contributed by atoms with Gasteiger partial charge in [0.25, 0.3) is 0 Å². The number of ether oxygens (including phenoxy) is 1. The highest BCUT2D eigenvalue weighted by Gasteiger charge is 2.52. The van der Waals surface area contributed by atoms with Gasteiger partial charge in [-0.1, -0.05) is 6.08 Å². The van der Waals surface area contributed by atoms with Crippen LogP contribution in [0.5, 0.6) is 0 Å². The number of halogens is 4. The Bertz CT molecular complexity index is 638. The van der Waals surface area contributed by atoms with Crippen molar-refractivity contribution in [1.82, 2.24) is 0 Å². The van der Waals surface area contributed by atoms with E-state index in [0.29, 0.717) is 0 Å². The van der Waals surface area contributed by atoms with Crippen molar-refractivity contribution in [2.45, 2.75) is 17.9 Å². The molecule has 0 spiro atoms. The van der Waals surface area contributed by atoms with Gasteiger partial charge in [0, 0.05) is 30.6 Å². The average molecular weight is 272 g/mol. The summed E-state index contributed by atoms with van der Waals surface area (Å²) in [4.78, 5) is 11.9. The Hall–Kier alpha value is -1.69. The minimum Gasteiger partial charge on any atom is -0.361 e. The molecule has 3 aliphatic rings. The van der Waals surface area contributed by atoms with Crippen LogP contribution in [-0.4, -0.2) is 12.9 Å². The third-order valence-electron chi connectivity index (χ3n) is 3.75. The standard InChI is InChI=1S/C13H8F4O2/c1-19-13-3-2-5(4-6(13)18)7-8(13)10(15)12(17)11(16)9(7)14/h2-3,5H,4H2,1H3. The first-order valence-electron chi connectivity index (χ1n) is 5.58. The van der Waals surface area contributed by atoms with Crippen molar-refractivity contribution in [3.63, 3.8) is 0 Å². The molecule has 0 radical (unpaired) electrons. The molecule has 0 amide bonds. The third kappa shape index (κ3) is 1.27. The van der Waals surface area contributed by atoms with Gasteiger partial charge in [-0.05, 0) is 6.08 Å². The summed E-state index contributed by atoms with van der Waals surface area (Å²) in [6.45, 7) is 0. The van der Waals surface area contributed by atoms with Crippen molar-refractivity contribution in [3.05, 3.63) is 46.5 Å². The van der Waals surface area contributed by atoms with Gasteiger partial charge in [-0.3, -0.25) is 4.79 Å². The first-order chi connectivity index (χ1) is 8.94. The van der Waals surface area contributed by atoms with E-state index in [1.54, 1.807) is 0 Å². The maximum atomic E-state index is 13.9. The number of carbonyl (C=O) groups is 1. The van der Waals surface area contributed by atoms with Crippen molar-refractivity contribution in [1.29, 1.82) is 0 Å². The monoisotopic (exact) mass is 272 g/mol. The lowest BCUT2D eigenvalue weighted by molar-refractivity contribution is -0.139. The van der Waals surface area contributed by atoms with Crippen LogP contribution in [0.15, 0.2) is 12.2 Å². The fourth-order valence-electron chi connectivity index (χ4n) is 2.83. The van der Waals surface area contributed by atoms with Crippen molar-refractivity contribution in [3.8, 4) is 0 Å². The molecule has 3 aliphatic carbocycles. The highest BCUT2D eigenvalue weighted by Crippen LogP contribution is 2.50. The molecule has 1 aromatic rings. The minimum absolute atomic E-state index is 0.126. The average Bonchev–Trinajstić information content (AvgIpc) is 2.42. The first-order valence-corrected chi connectivity index (χ1v) is 5.58. The molecule has 0 aromatic heterocycles. The van der Waals surface area contributed by atoms with E-state index in [0.717, 1.165) is 7.11 Å². The summed E-state index contributed by atoms with van der Waals surface area (Å²) < 4.78 is 59.4. The van der Waals surface area contributed by atoms with Crippen LogP contribution in [0.1, 0.15) is 23.5 Å². The number of ketones is 1. The van der Waals surface area contributed by atoms with Crippen molar-refractivity contribution >= 4 is 5.78 Å². The van der Waals surface area contributed by atoms with Crippen molar-refractivity contribution in [2.75, 3.05) is 7.11 Å². The number of hydrogen-bond acceptors (Lipinski definition) is 2. The van der Waals surface area contributed by atoms with E-state index in [9.17, 15) is 22.4 Å². The van der Waals surface area contributed by atoms with Gasteiger partial charge in [0.05, 0.1) is 0 Å². The van der Waals surface area contributed by atoms with E-state index in [1.807, 2.05) is 0 Å². The summed E-state index contributed by atoms with van der Waals surface area (Å²) in [6, 6.07) is 0. The Labute approximate surface area is 105 Å². The fourth-order valence-corrected chi connectivity index (χ4v) is 2.83. The second kappa shape index (κ2) is 3.66. The van der Waals surface area contributed by atoms with Gasteiger partial charge in [-0.2, -0.15) is 0 Å². The zero-order chi connectivity index (χ0) is 13.9. The largest absolute Gasteiger partial charge is 0.361 e. The molecule has 19 heavy (non-hydrogen) atoms. The molecule has 6 heteroatoms. The summed E-state index contributed by atoms with van der Waals surface area (Å²) in [5, 5.41) is 0. The second-order valence-electron chi connectivity index (χ2n) is 4.58. The van der Waals surface area contributed by atoms with Gasteiger partial charge in [0.1, 0.15) is 0 Å². The van der Waals surface area contributed by atoms with Gasteiger partial charge in [0.15, 0.2) is 34.7 Å². The molecule has 0 saturated heterocycles. The summed E-state index contributed by atoms with van der Waals surface area (Å²) in [6.07, 6.45) is 2.59. The Kier molecular flexibility index (Phi) is 2.38. The number of fused-ring (bicyclic) bond motifs is 1. The predicted octanol–water partition coefficient (Wildman–Crippen LogP) is 2.71. The van der Waals surface area contributed by atoms with E-state index in [2.05, 4.69) is 0 Å². The van der Waals surface area contributed by atoms with E-state index in [4.69, 9.17) is 4.74 Å². The molecule has 0 heterocycles. The third-order valence-corrected chi connectivity index (χ3v) is 3.75. The maximum Gasteiger partial charge on any atom is 0.197 e. The topological polar surface area (TPSA) is 26.3 Å². The van der Waals surface area contributed by atoms with Crippen LogP contribution in [0.2, 0.25) is 0 Å². The normalized spacial score (nSPS) is 27.8. The van der Waals surface area contributed by atoms with Crippen LogP contribution >= 0.6 is 0 Å². The number of Topliss-reactive ketones (excluding diaryl/α,β-unsaturated/α-hetero) is 1. The zero-order valence-electron chi connectivity index (χ0n) is 9.77. The summed E-state index contributed by atoms with van der Waals surface area (Å²) >= 11 is 0. The van der Waals surface area contributed by atoms with E-state index < -0.39 is 46.1 Å².